The summed E-state index contributed by atoms with van der Waals surface area (Å²) >= 11 is 13.1. The Hall–Kier alpha value is -0.640. The molecule has 1 nitrogen and oxygen atoms in total. The van der Waals surface area contributed by atoms with Crippen LogP contribution in [0.3, 0.4) is 0 Å². The van der Waals surface area contributed by atoms with E-state index in [1.165, 1.54) is 0 Å². The highest BCUT2D eigenvalue weighted by Crippen LogP contribution is 2.35. The Balaban J connectivity index is 2.54. The minimum Gasteiger partial charge on any atom is -0.295 e. The first kappa shape index (κ1) is 13.8. The molecule has 4 heteroatoms. The number of hydrogen-bond acceptors (Lipinski definition) is 1. The standard InChI is InChI=1S/C14H9Br2ClO/c1-8(18)9-2-4-11(13(16)6-9)12-5-3-10(15)7-14(12)17/h2-7H,1H3. The number of hydrogen-bond donors (Lipinski definition) is 0. The zero-order chi connectivity index (χ0) is 13.3. The Labute approximate surface area is 127 Å². The molecule has 0 saturated heterocycles. The quantitative estimate of drug-likeness (QED) is 0.600. The summed E-state index contributed by atoms with van der Waals surface area (Å²) < 4.78 is 1.80. The molecule has 0 atom stereocenters. The number of benzene rings is 2. The Bertz CT molecular complexity index is 623. The van der Waals surface area contributed by atoms with Gasteiger partial charge in [0.1, 0.15) is 0 Å². The van der Waals surface area contributed by atoms with Crippen LogP contribution in [0.5, 0.6) is 0 Å². The van der Waals surface area contributed by atoms with Crippen LogP contribution in [-0.4, -0.2) is 5.78 Å². The maximum atomic E-state index is 11.3. The number of halogens is 3. The monoisotopic (exact) mass is 386 g/mol. The molecule has 2 aromatic rings. The van der Waals surface area contributed by atoms with E-state index in [-0.39, 0.29) is 5.78 Å². The molecule has 0 heterocycles. The molecule has 0 amide bonds. The van der Waals surface area contributed by atoms with Crippen LogP contribution in [0, 0.1) is 0 Å². The normalized spacial score (nSPS) is 10.4. The van der Waals surface area contributed by atoms with Crippen molar-refractivity contribution in [3.63, 3.8) is 0 Å². The highest BCUT2D eigenvalue weighted by Gasteiger charge is 2.09. The summed E-state index contributed by atoms with van der Waals surface area (Å²) in [6, 6.07) is 11.3. The van der Waals surface area contributed by atoms with Gasteiger partial charge >= 0.3 is 0 Å². The van der Waals surface area contributed by atoms with Crippen molar-refractivity contribution in [2.45, 2.75) is 6.92 Å². The highest BCUT2D eigenvalue weighted by molar-refractivity contribution is 9.10. The Kier molecular flexibility index (Phi) is 4.25. The summed E-state index contributed by atoms with van der Waals surface area (Å²) in [4.78, 5) is 11.3. The van der Waals surface area contributed by atoms with Crippen LogP contribution < -0.4 is 0 Å². The van der Waals surface area contributed by atoms with Crippen LogP contribution in [0.4, 0.5) is 0 Å². The smallest absolute Gasteiger partial charge is 0.159 e. The lowest BCUT2D eigenvalue weighted by molar-refractivity contribution is 0.101. The lowest BCUT2D eigenvalue weighted by Gasteiger charge is -2.08. The lowest BCUT2D eigenvalue weighted by Crippen LogP contribution is -1.92. The van der Waals surface area contributed by atoms with Crippen LogP contribution in [0.1, 0.15) is 17.3 Å². The van der Waals surface area contributed by atoms with Crippen molar-refractivity contribution < 1.29 is 4.79 Å². The lowest BCUT2D eigenvalue weighted by atomic mass is 10.0. The average molecular weight is 388 g/mol. The van der Waals surface area contributed by atoms with E-state index >= 15 is 0 Å². The molecular formula is C14H9Br2ClO. The van der Waals surface area contributed by atoms with E-state index in [1.54, 1.807) is 13.0 Å². The van der Waals surface area contributed by atoms with Gasteiger partial charge in [-0.1, -0.05) is 61.7 Å². The predicted molar refractivity (Wildman–Crippen MR) is 82.3 cm³/mol. The second-order valence-corrected chi connectivity index (χ2v) is 6.05. The fourth-order valence-electron chi connectivity index (χ4n) is 1.66. The molecule has 0 unspecified atom stereocenters. The fraction of sp³-hybridized carbons (Fsp3) is 0.0714. The van der Waals surface area contributed by atoms with Crippen molar-refractivity contribution >= 4 is 49.2 Å². The molecular weight excluding hydrogens is 379 g/mol. The Morgan fingerprint density at radius 1 is 1.06 bits per heavy atom. The summed E-state index contributed by atoms with van der Waals surface area (Å²) in [6.45, 7) is 1.55. The van der Waals surface area contributed by atoms with Crippen molar-refractivity contribution in [2.75, 3.05) is 0 Å². The second kappa shape index (κ2) is 5.55. The summed E-state index contributed by atoms with van der Waals surface area (Å²) in [5, 5.41) is 0.667. The van der Waals surface area contributed by atoms with Crippen molar-refractivity contribution in [3.05, 3.63) is 55.9 Å². The summed E-state index contributed by atoms with van der Waals surface area (Å²) in [7, 11) is 0. The first-order chi connectivity index (χ1) is 8.49. The third kappa shape index (κ3) is 2.85. The van der Waals surface area contributed by atoms with E-state index < -0.39 is 0 Å². The van der Waals surface area contributed by atoms with Crippen LogP contribution >= 0.6 is 43.5 Å². The zero-order valence-electron chi connectivity index (χ0n) is 9.51. The van der Waals surface area contributed by atoms with Crippen LogP contribution in [-0.2, 0) is 0 Å². The predicted octanol–water partition coefficient (Wildman–Crippen LogP) is 5.73. The highest BCUT2D eigenvalue weighted by atomic mass is 79.9. The second-order valence-electron chi connectivity index (χ2n) is 3.87. The molecule has 0 aliphatic rings. The molecule has 0 saturated carbocycles. The minimum absolute atomic E-state index is 0.0455. The van der Waals surface area contributed by atoms with Crippen molar-refractivity contribution in [1.29, 1.82) is 0 Å². The molecule has 18 heavy (non-hydrogen) atoms. The molecule has 0 radical (unpaired) electrons. The molecule has 0 aromatic heterocycles. The fourth-order valence-corrected chi connectivity index (χ4v) is 3.03. The van der Waals surface area contributed by atoms with Crippen molar-refractivity contribution in [3.8, 4) is 11.1 Å². The molecule has 0 spiro atoms. The summed E-state index contributed by atoms with van der Waals surface area (Å²) in [5.74, 6) is 0.0455. The van der Waals surface area contributed by atoms with E-state index in [1.807, 2.05) is 30.3 Å². The van der Waals surface area contributed by atoms with Crippen LogP contribution in [0.15, 0.2) is 45.3 Å². The molecule has 2 aromatic carbocycles. The van der Waals surface area contributed by atoms with Gasteiger partial charge in [0.2, 0.25) is 0 Å². The maximum Gasteiger partial charge on any atom is 0.159 e. The minimum atomic E-state index is 0.0455. The SMILES string of the molecule is CC(=O)c1ccc(-c2ccc(Br)cc2Cl)c(Br)c1. The molecule has 0 bridgehead atoms. The zero-order valence-corrected chi connectivity index (χ0v) is 13.4. The number of Topliss-reactive ketones (excluding diaryl/α,β-unsaturated/α-hetero) is 1. The van der Waals surface area contributed by atoms with Crippen LogP contribution in [0.25, 0.3) is 11.1 Å². The van der Waals surface area contributed by atoms with E-state index in [0.29, 0.717) is 10.6 Å². The molecule has 0 aliphatic heterocycles. The van der Waals surface area contributed by atoms with Gasteiger partial charge in [-0.15, -0.1) is 0 Å². The van der Waals surface area contributed by atoms with Crippen LogP contribution in [0.2, 0.25) is 5.02 Å². The van der Waals surface area contributed by atoms with E-state index in [9.17, 15) is 4.79 Å². The molecule has 0 fully saturated rings. The molecule has 2 rings (SSSR count). The molecule has 0 N–H and O–H groups in total. The van der Waals surface area contributed by atoms with Gasteiger partial charge in [0.05, 0.1) is 0 Å². The maximum absolute atomic E-state index is 11.3. The van der Waals surface area contributed by atoms with E-state index in [0.717, 1.165) is 20.1 Å². The summed E-state index contributed by atoms with van der Waals surface area (Å²) in [5.41, 5.74) is 2.58. The largest absolute Gasteiger partial charge is 0.295 e. The number of rotatable bonds is 2. The van der Waals surface area contributed by atoms with Gasteiger partial charge in [-0.05, 0) is 30.7 Å². The molecule has 92 valence electrons. The number of carbonyl (C=O) groups is 1. The third-order valence-corrected chi connectivity index (χ3v) is 4.06. The van der Waals surface area contributed by atoms with Gasteiger partial charge in [-0.25, -0.2) is 0 Å². The topological polar surface area (TPSA) is 17.1 Å². The molecule has 0 aliphatic carbocycles. The Morgan fingerprint density at radius 2 is 1.72 bits per heavy atom. The van der Waals surface area contributed by atoms with Crippen molar-refractivity contribution in [1.82, 2.24) is 0 Å². The van der Waals surface area contributed by atoms with E-state index in [4.69, 9.17) is 11.6 Å². The van der Waals surface area contributed by atoms with Gasteiger partial charge in [-0.2, -0.15) is 0 Å². The van der Waals surface area contributed by atoms with E-state index in [2.05, 4.69) is 31.9 Å². The Morgan fingerprint density at radius 3 is 2.28 bits per heavy atom. The van der Waals surface area contributed by atoms with Gasteiger partial charge in [0.15, 0.2) is 5.78 Å². The first-order valence-electron chi connectivity index (χ1n) is 5.25. The van der Waals surface area contributed by atoms with Gasteiger partial charge in [-0.3, -0.25) is 4.79 Å². The average Bonchev–Trinajstić information content (AvgIpc) is 2.30. The number of carbonyl (C=O) groups excluding carboxylic acids is 1. The van der Waals surface area contributed by atoms with Gasteiger partial charge in [0, 0.05) is 25.1 Å². The first-order valence-corrected chi connectivity index (χ1v) is 7.21. The number of ketones is 1. The van der Waals surface area contributed by atoms with Gasteiger partial charge < -0.3 is 0 Å². The third-order valence-electron chi connectivity index (χ3n) is 2.60. The summed E-state index contributed by atoms with van der Waals surface area (Å²) in [6.07, 6.45) is 0. The van der Waals surface area contributed by atoms with Gasteiger partial charge in [0.25, 0.3) is 0 Å². The van der Waals surface area contributed by atoms with Crippen molar-refractivity contribution in [2.24, 2.45) is 0 Å².